The third-order valence-electron chi connectivity index (χ3n) is 2.68. The molecule has 0 aliphatic carbocycles. The zero-order chi connectivity index (χ0) is 14.8. The van der Waals surface area contributed by atoms with E-state index in [4.69, 9.17) is 0 Å². The van der Waals surface area contributed by atoms with E-state index < -0.39 is 17.4 Å². The Bertz CT molecular complexity index is 664. The summed E-state index contributed by atoms with van der Waals surface area (Å²) in [6.45, 7) is 0.514. The second-order valence-corrected chi connectivity index (χ2v) is 4.17. The van der Waals surface area contributed by atoms with Gasteiger partial charge in [0.25, 0.3) is 5.56 Å². The molecule has 0 fully saturated rings. The second kappa shape index (κ2) is 5.46. The van der Waals surface area contributed by atoms with E-state index in [1.54, 1.807) is 13.1 Å². The van der Waals surface area contributed by atoms with Crippen molar-refractivity contribution in [2.75, 3.05) is 7.05 Å². The van der Waals surface area contributed by atoms with Crippen LogP contribution in [0.4, 0.5) is 13.2 Å². The third-order valence-corrected chi connectivity index (χ3v) is 2.68. The average Bonchev–Trinajstić information content (AvgIpc) is 2.38. The van der Waals surface area contributed by atoms with E-state index in [-0.39, 0.29) is 5.69 Å². The predicted octanol–water partition coefficient (Wildman–Crippen LogP) is 1.97. The fraction of sp³-hybridized carbons (Fsp3) is 0.231. The van der Waals surface area contributed by atoms with Gasteiger partial charge in [-0.05, 0) is 30.8 Å². The maximum Gasteiger partial charge on any atom is 0.433 e. The van der Waals surface area contributed by atoms with Gasteiger partial charge in [-0.1, -0.05) is 0 Å². The molecule has 0 aliphatic heterocycles. The van der Waals surface area contributed by atoms with Crippen LogP contribution in [0.15, 0.2) is 41.5 Å². The summed E-state index contributed by atoms with van der Waals surface area (Å²) in [5, 5.41) is 2.89. The average molecular weight is 283 g/mol. The molecule has 7 heteroatoms. The minimum absolute atomic E-state index is 0.133. The van der Waals surface area contributed by atoms with Crippen LogP contribution >= 0.6 is 0 Å². The first-order chi connectivity index (χ1) is 9.41. The molecule has 0 amide bonds. The van der Waals surface area contributed by atoms with Gasteiger partial charge in [0.1, 0.15) is 5.69 Å². The molecule has 0 aromatic carbocycles. The molecule has 0 saturated heterocycles. The highest BCUT2D eigenvalue weighted by molar-refractivity contribution is 5.34. The van der Waals surface area contributed by atoms with Crippen LogP contribution in [-0.4, -0.2) is 16.6 Å². The number of rotatable bonds is 3. The van der Waals surface area contributed by atoms with Gasteiger partial charge in [0.2, 0.25) is 0 Å². The summed E-state index contributed by atoms with van der Waals surface area (Å²) >= 11 is 0. The van der Waals surface area contributed by atoms with E-state index in [1.807, 2.05) is 0 Å². The van der Waals surface area contributed by atoms with Crippen molar-refractivity contribution >= 4 is 0 Å². The Balaban J connectivity index is 2.44. The highest BCUT2D eigenvalue weighted by Crippen LogP contribution is 2.28. The number of aromatic nitrogens is 2. The first-order valence-electron chi connectivity index (χ1n) is 5.81. The normalized spacial score (nSPS) is 11.6. The molecule has 0 atom stereocenters. The number of nitrogens with one attached hydrogen (secondary N) is 1. The molecular formula is C13H12F3N3O. The number of hydrogen-bond acceptors (Lipinski definition) is 3. The van der Waals surface area contributed by atoms with Crippen molar-refractivity contribution in [1.29, 1.82) is 0 Å². The van der Waals surface area contributed by atoms with Gasteiger partial charge in [0, 0.05) is 25.0 Å². The van der Waals surface area contributed by atoms with Gasteiger partial charge in [-0.15, -0.1) is 0 Å². The van der Waals surface area contributed by atoms with Gasteiger partial charge in [0.05, 0.1) is 5.69 Å². The number of hydrogen-bond donors (Lipinski definition) is 1. The van der Waals surface area contributed by atoms with Crippen LogP contribution < -0.4 is 10.9 Å². The fourth-order valence-corrected chi connectivity index (χ4v) is 1.77. The Morgan fingerprint density at radius 3 is 2.65 bits per heavy atom. The standard InChI is InChI=1S/C13H12F3N3O/c1-17-8-9-3-5-19(12(20)6-9)10-2-4-18-11(7-10)13(14,15)16/h2-7,17H,8H2,1H3. The van der Waals surface area contributed by atoms with Crippen molar-refractivity contribution in [2.24, 2.45) is 0 Å². The monoisotopic (exact) mass is 283 g/mol. The van der Waals surface area contributed by atoms with Crippen molar-refractivity contribution in [1.82, 2.24) is 14.9 Å². The minimum Gasteiger partial charge on any atom is -0.316 e. The van der Waals surface area contributed by atoms with Crippen LogP contribution in [0, 0.1) is 0 Å². The van der Waals surface area contributed by atoms with Crippen LogP contribution in [0.5, 0.6) is 0 Å². The van der Waals surface area contributed by atoms with Crippen molar-refractivity contribution < 1.29 is 13.2 Å². The molecule has 2 rings (SSSR count). The molecule has 106 valence electrons. The predicted molar refractivity (Wildman–Crippen MR) is 67.6 cm³/mol. The quantitative estimate of drug-likeness (QED) is 0.937. The maximum absolute atomic E-state index is 12.6. The zero-order valence-corrected chi connectivity index (χ0v) is 10.6. The molecule has 1 N–H and O–H groups in total. The van der Waals surface area contributed by atoms with Crippen molar-refractivity contribution in [3.63, 3.8) is 0 Å². The van der Waals surface area contributed by atoms with Crippen molar-refractivity contribution in [2.45, 2.75) is 12.7 Å². The van der Waals surface area contributed by atoms with E-state index in [0.717, 1.165) is 22.4 Å². The lowest BCUT2D eigenvalue weighted by atomic mass is 10.2. The molecule has 2 heterocycles. The van der Waals surface area contributed by atoms with E-state index in [9.17, 15) is 18.0 Å². The Morgan fingerprint density at radius 1 is 1.30 bits per heavy atom. The Kier molecular flexibility index (Phi) is 3.89. The third kappa shape index (κ3) is 3.05. The molecule has 2 aromatic rings. The Morgan fingerprint density at radius 2 is 2.05 bits per heavy atom. The van der Waals surface area contributed by atoms with Gasteiger partial charge in [-0.2, -0.15) is 13.2 Å². The molecular weight excluding hydrogens is 271 g/mol. The Hall–Kier alpha value is -2.15. The van der Waals surface area contributed by atoms with Crippen LogP contribution in [0.2, 0.25) is 0 Å². The summed E-state index contributed by atoms with van der Waals surface area (Å²) in [4.78, 5) is 15.2. The molecule has 2 aromatic heterocycles. The first kappa shape index (κ1) is 14.3. The molecule has 0 aliphatic rings. The van der Waals surface area contributed by atoms with Gasteiger partial charge < -0.3 is 5.32 Å². The number of pyridine rings is 2. The number of alkyl halides is 3. The Labute approximate surface area is 112 Å². The van der Waals surface area contributed by atoms with E-state index in [1.165, 1.54) is 18.3 Å². The van der Waals surface area contributed by atoms with Gasteiger partial charge in [-0.3, -0.25) is 14.3 Å². The molecule has 4 nitrogen and oxygen atoms in total. The van der Waals surface area contributed by atoms with Crippen LogP contribution in [0.3, 0.4) is 0 Å². The molecule has 0 spiro atoms. The molecule has 20 heavy (non-hydrogen) atoms. The van der Waals surface area contributed by atoms with Crippen molar-refractivity contribution in [3.05, 3.63) is 58.3 Å². The second-order valence-electron chi connectivity index (χ2n) is 4.17. The summed E-state index contributed by atoms with van der Waals surface area (Å²) in [6.07, 6.45) is -2.05. The highest BCUT2D eigenvalue weighted by Gasteiger charge is 2.32. The summed E-state index contributed by atoms with van der Waals surface area (Å²) in [6, 6.07) is 5.25. The fourth-order valence-electron chi connectivity index (χ4n) is 1.77. The topological polar surface area (TPSA) is 46.9 Å². The summed E-state index contributed by atoms with van der Waals surface area (Å²) < 4.78 is 38.9. The smallest absolute Gasteiger partial charge is 0.316 e. The molecule has 0 unspecified atom stereocenters. The van der Waals surface area contributed by atoms with E-state index in [2.05, 4.69) is 10.3 Å². The summed E-state index contributed by atoms with van der Waals surface area (Å²) in [7, 11) is 1.74. The summed E-state index contributed by atoms with van der Waals surface area (Å²) in [5.74, 6) is 0. The lowest BCUT2D eigenvalue weighted by Gasteiger charge is -2.10. The number of nitrogens with zero attached hydrogens (tertiary/aromatic N) is 2. The first-order valence-corrected chi connectivity index (χ1v) is 5.81. The highest BCUT2D eigenvalue weighted by atomic mass is 19.4. The van der Waals surface area contributed by atoms with E-state index in [0.29, 0.717) is 6.54 Å². The SMILES string of the molecule is CNCc1ccn(-c2ccnc(C(F)(F)F)c2)c(=O)c1. The van der Waals surface area contributed by atoms with Gasteiger partial charge >= 0.3 is 6.18 Å². The van der Waals surface area contributed by atoms with Crippen LogP contribution in [0.1, 0.15) is 11.3 Å². The molecule has 0 radical (unpaired) electrons. The molecule has 0 bridgehead atoms. The number of halogens is 3. The summed E-state index contributed by atoms with van der Waals surface area (Å²) in [5.41, 5.74) is -0.523. The van der Waals surface area contributed by atoms with Gasteiger partial charge in [0.15, 0.2) is 0 Å². The van der Waals surface area contributed by atoms with Gasteiger partial charge in [-0.25, -0.2) is 0 Å². The largest absolute Gasteiger partial charge is 0.433 e. The maximum atomic E-state index is 12.6. The lowest BCUT2D eigenvalue weighted by molar-refractivity contribution is -0.141. The van der Waals surface area contributed by atoms with E-state index >= 15 is 0 Å². The lowest BCUT2D eigenvalue weighted by Crippen LogP contribution is -2.19. The van der Waals surface area contributed by atoms with Crippen LogP contribution in [-0.2, 0) is 12.7 Å². The van der Waals surface area contributed by atoms with Crippen molar-refractivity contribution in [3.8, 4) is 5.69 Å². The minimum atomic E-state index is -4.54. The molecule has 0 saturated carbocycles. The zero-order valence-electron chi connectivity index (χ0n) is 10.6. The van der Waals surface area contributed by atoms with Crippen LogP contribution in [0.25, 0.3) is 5.69 Å².